The van der Waals surface area contributed by atoms with Gasteiger partial charge in [0, 0.05) is 26.1 Å². The number of nitrogens with two attached hydrogens (primary N) is 2. The van der Waals surface area contributed by atoms with E-state index in [1.807, 2.05) is 0 Å². The van der Waals surface area contributed by atoms with Gasteiger partial charge in [0.2, 0.25) is 0 Å². The second-order valence-corrected chi connectivity index (χ2v) is 14.7. The number of hydrogen-bond donors (Lipinski definition) is 6. The molecule has 0 amide bonds. The molecule has 0 spiro atoms. The van der Waals surface area contributed by atoms with Crippen LogP contribution in [0.1, 0.15) is 24.4 Å². The van der Waals surface area contributed by atoms with Crippen molar-refractivity contribution >= 4 is 44.4 Å². The average Bonchev–Trinajstić information content (AvgIpc) is 3.81. The number of imidazole rings is 1. The highest BCUT2D eigenvalue weighted by Crippen LogP contribution is 2.50. The molecular formula is C29H36N8O15P2. The Bertz CT molecular complexity index is 2100. The molecule has 2 saturated heterocycles. The van der Waals surface area contributed by atoms with Gasteiger partial charge in [-0.1, -0.05) is 30.3 Å². The first-order valence-corrected chi connectivity index (χ1v) is 19.0. The van der Waals surface area contributed by atoms with Gasteiger partial charge in [-0.2, -0.15) is 4.98 Å². The fraction of sp³-hybridized carbons (Fsp3) is 0.448. The number of ether oxygens (including phenoxy) is 4. The number of phosphoric acid groups is 2. The maximum atomic E-state index is 13.4. The molecule has 2 fully saturated rings. The Hall–Kier alpha value is -4.22. The van der Waals surface area contributed by atoms with Crippen LogP contribution >= 0.6 is 15.6 Å². The summed E-state index contributed by atoms with van der Waals surface area (Å²) in [4.78, 5) is 71.0. The number of esters is 1. The number of nitrogen functional groups attached to an aromatic ring is 2. The molecule has 2 aliphatic heterocycles. The Morgan fingerprint density at radius 2 is 1.76 bits per heavy atom. The third-order valence-corrected chi connectivity index (χ3v) is 9.95. The fourth-order valence-corrected chi connectivity index (χ4v) is 7.20. The predicted octanol–water partition coefficient (Wildman–Crippen LogP) is -0.426. The number of fused-ring (bicyclic) bond motifs is 1. The third kappa shape index (κ3) is 9.17. The van der Waals surface area contributed by atoms with E-state index in [1.54, 1.807) is 30.3 Å². The number of rotatable bonds is 15. The van der Waals surface area contributed by atoms with Crippen LogP contribution in [0.5, 0.6) is 0 Å². The summed E-state index contributed by atoms with van der Waals surface area (Å²) in [5.41, 5.74) is 11.7. The van der Waals surface area contributed by atoms with E-state index < -0.39 is 89.6 Å². The summed E-state index contributed by atoms with van der Waals surface area (Å²) in [6, 6.07) is 10.2. The lowest BCUT2D eigenvalue weighted by atomic mass is 10.1. The topological polar surface area (TPSA) is 327 Å². The van der Waals surface area contributed by atoms with Gasteiger partial charge in [-0.3, -0.25) is 22.7 Å². The highest BCUT2D eigenvalue weighted by atomic mass is 31.2. The van der Waals surface area contributed by atoms with Gasteiger partial charge >= 0.3 is 27.3 Å². The van der Waals surface area contributed by atoms with Crippen LogP contribution in [0.15, 0.2) is 60.0 Å². The first-order chi connectivity index (χ1) is 25.6. The molecule has 2 unspecified atom stereocenters. The Morgan fingerprint density at radius 3 is 2.46 bits per heavy atom. The number of methoxy groups -OCH3 is 1. The van der Waals surface area contributed by atoms with Crippen molar-refractivity contribution in [3.05, 3.63) is 71.3 Å². The summed E-state index contributed by atoms with van der Waals surface area (Å²) in [6.07, 6.45) is -7.61. The zero-order valence-electron chi connectivity index (χ0n) is 28.2. The first-order valence-electron chi connectivity index (χ1n) is 16.0. The standard InChI is InChI=1S/C29H36N8O15P2/c1-46-17(9-15-5-3-2-4-6-15)28(39)51-24-19(50-27(23(24)38)37-14-34-22-25(31)32-13-33-26(22)37)12-48-54(44,45)52-16-10-21(36-8-7-20(30)35-29(36)40)49-18(16)11-47-53(41,42)43/h2-8,13-14,16-19,21,23-24,27,38H,9-12H2,1H3,(H,44,45)(H2,30,35,40)(H2,31,32,33)(H2,41,42,43)/t16-,17?,18+,19+,21+,23+,24+,27+/m0/s1. The number of aromatic nitrogens is 6. The van der Waals surface area contributed by atoms with E-state index >= 15 is 0 Å². The molecule has 3 aromatic heterocycles. The zero-order valence-corrected chi connectivity index (χ0v) is 29.9. The number of carbonyl (C=O) groups is 1. The molecule has 6 rings (SSSR count). The minimum absolute atomic E-state index is 0.0384. The lowest BCUT2D eigenvalue weighted by Crippen LogP contribution is -2.41. The van der Waals surface area contributed by atoms with Crippen LogP contribution in [0.2, 0.25) is 0 Å². The van der Waals surface area contributed by atoms with Crippen molar-refractivity contribution in [1.29, 1.82) is 0 Å². The molecule has 25 heteroatoms. The van der Waals surface area contributed by atoms with Crippen molar-refractivity contribution in [1.82, 2.24) is 29.1 Å². The maximum Gasteiger partial charge on any atom is 0.472 e. The smallest absolute Gasteiger partial charge is 0.455 e. The summed E-state index contributed by atoms with van der Waals surface area (Å²) in [5.74, 6) is -0.939. The van der Waals surface area contributed by atoms with Crippen molar-refractivity contribution in [2.24, 2.45) is 0 Å². The summed E-state index contributed by atoms with van der Waals surface area (Å²) in [5, 5.41) is 11.5. The maximum absolute atomic E-state index is 13.4. The minimum atomic E-state index is -5.15. The molecular weight excluding hydrogens is 762 g/mol. The van der Waals surface area contributed by atoms with E-state index in [1.165, 1.54) is 30.3 Å². The van der Waals surface area contributed by atoms with Crippen LogP contribution in [0.4, 0.5) is 11.6 Å². The van der Waals surface area contributed by atoms with Crippen LogP contribution in [0.25, 0.3) is 11.2 Å². The summed E-state index contributed by atoms with van der Waals surface area (Å²) < 4.78 is 65.1. The summed E-state index contributed by atoms with van der Waals surface area (Å²) >= 11 is 0. The van der Waals surface area contributed by atoms with E-state index in [-0.39, 0.29) is 35.6 Å². The van der Waals surface area contributed by atoms with Gasteiger partial charge in [0.05, 0.1) is 19.5 Å². The van der Waals surface area contributed by atoms with E-state index in [0.29, 0.717) is 0 Å². The average molecular weight is 799 g/mol. The monoisotopic (exact) mass is 798 g/mol. The quantitative estimate of drug-likeness (QED) is 0.0656. The van der Waals surface area contributed by atoms with Crippen molar-refractivity contribution in [3.63, 3.8) is 0 Å². The molecule has 54 heavy (non-hydrogen) atoms. The number of nitrogens with zero attached hydrogens (tertiary/aromatic N) is 6. The van der Waals surface area contributed by atoms with Gasteiger partial charge < -0.3 is 50.2 Å². The number of hydrogen-bond acceptors (Lipinski definition) is 18. The van der Waals surface area contributed by atoms with Gasteiger partial charge in [0.1, 0.15) is 48.3 Å². The Morgan fingerprint density at radius 1 is 1.02 bits per heavy atom. The Balaban J connectivity index is 1.21. The van der Waals surface area contributed by atoms with E-state index in [0.717, 1.165) is 16.5 Å². The minimum Gasteiger partial charge on any atom is -0.455 e. The molecule has 2 aliphatic rings. The van der Waals surface area contributed by atoms with Crippen LogP contribution in [0.3, 0.4) is 0 Å². The number of carbonyl (C=O) groups excluding carboxylic acids is 1. The molecule has 292 valence electrons. The lowest BCUT2D eigenvalue weighted by Gasteiger charge is -2.25. The van der Waals surface area contributed by atoms with Crippen molar-refractivity contribution in [3.8, 4) is 0 Å². The molecule has 0 saturated carbocycles. The number of aliphatic hydroxyl groups is 1. The highest BCUT2D eigenvalue weighted by Gasteiger charge is 2.50. The second-order valence-electron chi connectivity index (χ2n) is 12.1. The summed E-state index contributed by atoms with van der Waals surface area (Å²) in [7, 11) is -8.88. The molecule has 23 nitrogen and oxygen atoms in total. The van der Waals surface area contributed by atoms with Gasteiger partial charge in [0.15, 0.2) is 29.9 Å². The lowest BCUT2D eigenvalue weighted by molar-refractivity contribution is -0.168. The SMILES string of the molecule is COC(Cc1ccccc1)C(=O)O[C@H]1[C@@H](O)[C@H](n2cnc3c(N)ncnc32)O[C@@H]1COP(=O)(O)O[C@H]1C[C@H](n2ccc(N)nc2=O)O[C@@H]1COP(=O)(O)O. The molecule has 8 N–H and O–H groups in total. The van der Waals surface area contributed by atoms with Gasteiger partial charge in [-0.15, -0.1) is 0 Å². The van der Waals surface area contributed by atoms with Crippen molar-refractivity contribution < 1.29 is 66.2 Å². The number of aliphatic hydroxyl groups excluding tert-OH is 1. The molecule has 5 heterocycles. The van der Waals surface area contributed by atoms with Crippen molar-refractivity contribution in [2.75, 3.05) is 31.8 Å². The van der Waals surface area contributed by atoms with Crippen LogP contribution in [-0.4, -0.2) is 112 Å². The van der Waals surface area contributed by atoms with Gasteiger partial charge in [0.25, 0.3) is 0 Å². The highest BCUT2D eigenvalue weighted by molar-refractivity contribution is 7.47. The molecule has 9 atom stereocenters. The van der Waals surface area contributed by atoms with Gasteiger partial charge in [-0.05, 0) is 11.6 Å². The number of phosphoric ester groups is 2. The number of anilines is 2. The van der Waals surface area contributed by atoms with Gasteiger partial charge in [-0.25, -0.2) is 33.7 Å². The van der Waals surface area contributed by atoms with Crippen LogP contribution in [0, 0.1) is 0 Å². The zero-order chi connectivity index (χ0) is 38.8. The van der Waals surface area contributed by atoms with E-state index in [2.05, 4.69) is 24.5 Å². The van der Waals surface area contributed by atoms with Crippen LogP contribution in [-0.2, 0) is 52.9 Å². The van der Waals surface area contributed by atoms with E-state index in [9.17, 15) is 38.5 Å². The molecule has 4 aromatic rings. The normalized spacial score (nSPS) is 26.1. The molecule has 0 aliphatic carbocycles. The molecule has 0 radical (unpaired) electrons. The summed E-state index contributed by atoms with van der Waals surface area (Å²) in [6.45, 7) is -1.64. The second kappa shape index (κ2) is 16.3. The predicted molar refractivity (Wildman–Crippen MR) is 181 cm³/mol. The molecule has 1 aromatic carbocycles. The van der Waals surface area contributed by atoms with E-state index in [4.69, 9.17) is 39.5 Å². The molecule has 0 bridgehead atoms. The first kappa shape index (κ1) is 39.5. The third-order valence-electron chi connectivity index (χ3n) is 8.45. The Kier molecular flexibility index (Phi) is 11.9. The Labute approximate surface area is 304 Å². The van der Waals surface area contributed by atoms with Crippen molar-refractivity contribution in [2.45, 2.75) is 61.9 Å². The fourth-order valence-electron chi connectivity index (χ4n) is 5.90. The largest absolute Gasteiger partial charge is 0.472 e. The number of benzene rings is 1. The van der Waals surface area contributed by atoms with Crippen LogP contribution < -0.4 is 17.2 Å².